The number of phenols is 1. The molecule has 122 valence electrons. The lowest BCUT2D eigenvalue weighted by molar-refractivity contribution is -0.383. The van der Waals surface area contributed by atoms with Crippen molar-refractivity contribution in [1.82, 2.24) is 0 Å². The lowest BCUT2D eigenvalue weighted by Crippen LogP contribution is -2.40. The first kappa shape index (κ1) is 14.8. The number of hydrogen-bond acceptors (Lipinski definition) is 5. The van der Waals surface area contributed by atoms with Crippen molar-refractivity contribution in [2.45, 2.75) is 0 Å². The maximum atomic E-state index is 12.9. The summed E-state index contributed by atoms with van der Waals surface area (Å²) in [6.45, 7) is 0. The molecular formula is C18H10N2O5. The lowest BCUT2D eigenvalue weighted by Gasteiger charge is -2.27. The summed E-state index contributed by atoms with van der Waals surface area (Å²) in [5.74, 6) is -1.26. The first-order chi connectivity index (χ1) is 12.0. The molecule has 1 aliphatic heterocycles. The van der Waals surface area contributed by atoms with E-state index in [1.54, 1.807) is 6.07 Å². The number of benzene rings is 3. The first-order valence-corrected chi connectivity index (χ1v) is 7.37. The van der Waals surface area contributed by atoms with Gasteiger partial charge in [-0.25, -0.2) is 4.90 Å². The van der Waals surface area contributed by atoms with Crippen molar-refractivity contribution in [3.05, 3.63) is 75.8 Å². The molecule has 7 heteroatoms. The summed E-state index contributed by atoms with van der Waals surface area (Å²) in [5, 5.41) is 21.4. The van der Waals surface area contributed by atoms with Gasteiger partial charge in [0.2, 0.25) is 0 Å². The summed E-state index contributed by atoms with van der Waals surface area (Å²) >= 11 is 0. The molecule has 7 nitrogen and oxygen atoms in total. The summed E-state index contributed by atoms with van der Waals surface area (Å²) in [6.07, 6.45) is 0. The number of nitrogens with zero attached hydrogens (tertiary/aromatic N) is 2. The molecule has 0 saturated carbocycles. The second-order valence-corrected chi connectivity index (χ2v) is 5.58. The number of carbonyl (C=O) groups is 2. The van der Waals surface area contributed by atoms with Crippen LogP contribution in [0.3, 0.4) is 0 Å². The Bertz CT molecular complexity index is 1070. The molecule has 2 amide bonds. The van der Waals surface area contributed by atoms with E-state index in [4.69, 9.17) is 0 Å². The van der Waals surface area contributed by atoms with E-state index < -0.39 is 16.7 Å². The number of rotatable bonds is 2. The molecule has 25 heavy (non-hydrogen) atoms. The van der Waals surface area contributed by atoms with E-state index in [1.165, 1.54) is 48.5 Å². The van der Waals surface area contributed by atoms with E-state index in [-0.39, 0.29) is 39.0 Å². The number of carbonyl (C=O) groups excluding carboxylic acids is 2. The maximum Gasteiger partial charge on any atom is 0.277 e. The van der Waals surface area contributed by atoms with Gasteiger partial charge in [0.05, 0.1) is 16.0 Å². The van der Waals surface area contributed by atoms with Crippen molar-refractivity contribution in [3.8, 4) is 5.75 Å². The normalized spacial score (nSPS) is 13.4. The van der Waals surface area contributed by atoms with Crippen LogP contribution in [0, 0.1) is 10.1 Å². The number of imide groups is 1. The predicted molar refractivity (Wildman–Crippen MR) is 89.8 cm³/mol. The van der Waals surface area contributed by atoms with Crippen LogP contribution in [0.2, 0.25) is 0 Å². The van der Waals surface area contributed by atoms with Gasteiger partial charge in [0.15, 0.2) is 0 Å². The highest BCUT2D eigenvalue weighted by atomic mass is 16.6. The maximum absolute atomic E-state index is 12.9. The molecule has 3 aromatic rings. The van der Waals surface area contributed by atoms with Crippen molar-refractivity contribution in [3.63, 3.8) is 0 Å². The van der Waals surface area contributed by atoms with E-state index in [0.29, 0.717) is 0 Å². The van der Waals surface area contributed by atoms with Crippen LogP contribution in [0.15, 0.2) is 54.6 Å². The molecule has 3 aromatic carbocycles. The highest BCUT2D eigenvalue weighted by molar-refractivity contribution is 6.36. The number of phenolic OH excluding ortho intramolecular Hbond substituents is 1. The number of aromatic hydroxyl groups is 1. The quantitative estimate of drug-likeness (QED) is 0.440. The molecule has 4 rings (SSSR count). The first-order valence-electron chi connectivity index (χ1n) is 7.37. The monoisotopic (exact) mass is 334 g/mol. The van der Waals surface area contributed by atoms with Gasteiger partial charge in [-0.05, 0) is 30.3 Å². The van der Waals surface area contributed by atoms with Gasteiger partial charge < -0.3 is 5.11 Å². The molecule has 0 fully saturated rings. The Morgan fingerprint density at radius 3 is 2.28 bits per heavy atom. The number of amides is 2. The van der Waals surface area contributed by atoms with E-state index in [2.05, 4.69) is 0 Å². The molecule has 0 aliphatic carbocycles. The SMILES string of the molecule is O=C1c2cccc3c([N+](=O)[O-])ccc(c23)C(=O)N1c1cccc(O)c1. The van der Waals surface area contributed by atoms with Crippen molar-refractivity contribution in [2.75, 3.05) is 4.90 Å². The highest BCUT2D eigenvalue weighted by Gasteiger charge is 2.35. The van der Waals surface area contributed by atoms with Crippen LogP contribution in [-0.4, -0.2) is 21.8 Å². The number of nitro groups is 1. The largest absolute Gasteiger partial charge is 0.508 e. The van der Waals surface area contributed by atoms with Crippen LogP contribution in [0.5, 0.6) is 5.75 Å². The fraction of sp³-hybridized carbons (Fsp3) is 0. The minimum atomic E-state index is -0.589. The molecule has 1 N–H and O–H groups in total. The van der Waals surface area contributed by atoms with Crippen molar-refractivity contribution in [1.29, 1.82) is 0 Å². The molecule has 0 atom stereocenters. The van der Waals surface area contributed by atoms with Gasteiger partial charge in [-0.15, -0.1) is 0 Å². The fourth-order valence-electron chi connectivity index (χ4n) is 3.11. The average Bonchev–Trinajstić information content (AvgIpc) is 2.59. The minimum absolute atomic E-state index is 0.0780. The van der Waals surface area contributed by atoms with Gasteiger partial charge in [0, 0.05) is 28.6 Å². The fourth-order valence-corrected chi connectivity index (χ4v) is 3.11. The van der Waals surface area contributed by atoms with Crippen LogP contribution in [0.1, 0.15) is 20.7 Å². The summed E-state index contributed by atoms with van der Waals surface area (Å²) in [6, 6.07) is 13.0. The molecule has 0 saturated heterocycles. The second-order valence-electron chi connectivity index (χ2n) is 5.58. The molecule has 0 unspecified atom stereocenters. The van der Waals surface area contributed by atoms with E-state index >= 15 is 0 Å². The third-order valence-electron chi connectivity index (χ3n) is 4.17. The third kappa shape index (κ3) is 2.06. The van der Waals surface area contributed by atoms with Gasteiger partial charge in [-0.3, -0.25) is 19.7 Å². The minimum Gasteiger partial charge on any atom is -0.508 e. The topological polar surface area (TPSA) is 101 Å². The molecular weight excluding hydrogens is 324 g/mol. The zero-order valence-corrected chi connectivity index (χ0v) is 12.7. The summed E-state index contributed by atoms with van der Waals surface area (Å²) in [4.78, 5) is 37.4. The molecule has 0 radical (unpaired) electrons. The molecule has 0 spiro atoms. The van der Waals surface area contributed by atoms with Gasteiger partial charge in [-0.1, -0.05) is 12.1 Å². The van der Waals surface area contributed by atoms with Crippen LogP contribution in [0.4, 0.5) is 11.4 Å². The third-order valence-corrected chi connectivity index (χ3v) is 4.17. The predicted octanol–water partition coefficient (Wildman–Crippen LogP) is 3.25. The Hall–Kier alpha value is -3.74. The average molecular weight is 334 g/mol. The van der Waals surface area contributed by atoms with E-state index in [0.717, 1.165) is 4.90 Å². The number of anilines is 1. The Kier molecular flexibility index (Phi) is 3.04. The number of nitro benzene ring substituents is 1. The highest BCUT2D eigenvalue weighted by Crippen LogP contribution is 2.37. The molecule has 1 aliphatic rings. The van der Waals surface area contributed by atoms with Gasteiger partial charge in [-0.2, -0.15) is 0 Å². The number of non-ortho nitro benzene ring substituents is 1. The summed E-state index contributed by atoms with van der Waals surface area (Å²) in [5.41, 5.74) is 0.487. The van der Waals surface area contributed by atoms with Crippen molar-refractivity contribution in [2.24, 2.45) is 0 Å². The van der Waals surface area contributed by atoms with E-state index in [1.807, 2.05) is 0 Å². The Morgan fingerprint density at radius 2 is 1.60 bits per heavy atom. The standard InChI is InChI=1S/C18H10N2O5/c21-11-4-1-3-10(9-11)19-17(22)13-6-2-5-12-15(20(24)25)8-7-14(16(12)13)18(19)23/h1-9,21H. The Labute approximate surface area is 140 Å². The number of hydrogen-bond donors (Lipinski definition) is 1. The van der Waals surface area contributed by atoms with E-state index in [9.17, 15) is 24.8 Å². The van der Waals surface area contributed by atoms with Crippen LogP contribution in [-0.2, 0) is 0 Å². The zero-order chi connectivity index (χ0) is 17.7. The van der Waals surface area contributed by atoms with Crippen LogP contribution in [0.25, 0.3) is 10.8 Å². The second kappa shape index (κ2) is 5.13. The molecule has 0 aromatic heterocycles. The van der Waals surface area contributed by atoms with Crippen LogP contribution < -0.4 is 4.90 Å². The molecule has 1 heterocycles. The summed E-state index contributed by atoms with van der Waals surface area (Å²) < 4.78 is 0. The smallest absolute Gasteiger partial charge is 0.277 e. The summed E-state index contributed by atoms with van der Waals surface area (Å²) in [7, 11) is 0. The Balaban J connectivity index is 2.01. The van der Waals surface area contributed by atoms with Crippen molar-refractivity contribution < 1.29 is 19.6 Å². The Morgan fingerprint density at radius 1 is 0.920 bits per heavy atom. The lowest BCUT2D eigenvalue weighted by atomic mass is 9.93. The van der Waals surface area contributed by atoms with Crippen LogP contribution >= 0.6 is 0 Å². The molecule has 0 bridgehead atoms. The van der Waals surface area contributed by atoms with Gasteiger partial charge in [0.25, 0.3) is 17.5 Å². The van der Waals surface area contributed by atoms with Gasteiger partial charge >= 0.3 is 0 Å². The van der Waals surface area contributed by atoms with Crippen molar-refractivity contribution >= 4 is 34.0 Å². The zero-order valence-electron chi connectivity index (χ0n) is 12.7. The van der Waals surface area contributed by atoms with Gasteiger partial charge in [0.1, 0.15) is 5.75 Å².